The highest BCUT2D eigenvalue weighted by atomic mass is 32.2. The Hall–Kier alpha value is -0.700. The van der Waals surface area contributed by atoms with Gasteiger partial charge < -0.3 is 10.6 Å². The molecule has 1 aliphatic carbocycles. The molecule has 0 bridgehead atoms. The van der Waals surface area contributed by atoms with E-state index in [1.807, 2.05) is 0 Å². The van der Waals surface area contributed by atoms with E-state index >= 15 is 0 Å². The van der Waals surface area contributed by atoms with Gasteiger partial charge in [-0.25, -0.2) is 18.5 Å². The third kappa shape index (κ3) is 2.45. The van der Waals surface area contributed by atoms with Crippen molar-refractivity contribution < 1.29 is 8.42 Å². The van der Waals surface area contributed by atoms with E-state index in [4.69, 9.17) is 10.9 Å². The smallest absolute Gasteiger partial charge is 0.249 e. The van der Waals surface area contributed by atoms with Gasteiger partial charge in [0.15, 0.2) is 9.34 Å². The molecule has 8 heteroatoms. The first-order valence-electron chi connectivity index (χ1n) is 6.87. The van der Waals surface area contributed by atoms with Crippen LogP contribution in [0.1, 0.15) is 25.0 Å². The summed E-state index contributed by atoms with van der Waals surface area (Å²) in [6, 6.07) is 0.262. The molecule has 1 aromatic rings. The SMILES string of the molecule is Cc1nc(N2CC3CCCC(N)C3C2)sc1S(N)(=O)=O. The van der Waals surface area contributed by atoms with Crippen molar-refractivity contribution in [1.29, 1.82) is 0 Å². The van der Waals surface area contributed by atoms with Crippen LogP contribution < -0.4 is 15.8 Å². The van der Waals surface area contributed by atoms with Crippen LogP contribution >= 0.6 is 11.3 Å². The first-order chi connectivity index (χ1) is 9.36. The molecule has 0 spiro atoms. The molecule has 2 fully saturated rings. The Bertz CT molecular complexity index is 613. The second-order valence-electron chi connectivity index (χ2n) is 5.84. The van der Waals surface area contributed by atoms with Crippen LogP contribution in [0.15, 0.2) is 4.21 Å². The zero-order valence-corrected chi connectivity index (χ0v) is 13.1. The minimum atomic E-state index is -3.67. The van der Waals surface area contributed by atoms with Gasteiger partial charge in [0.25, 0.3) is 0 Å². The maximum atomic E-state index is 11.5. The molecule has 0 aromatic carbocycles. The summed E-state index contributed by atoms with van der Waals surface area (Å²) in [6.07, 6.45) is 3.49. The predicted octanol–water partition coefficient (Wildman–Crippen LogP) is 0.663. The van der Waals surface area contributed by atoms with Crippen LogP contribution in [-0.4, -0.2) is 32.5 Å². The van der Waals surface area contributed by atoms with Gasteiger partial charge in [0, 0.05) is 19.1 Å². The summed E-state index contributed by atoms with van der Waals surface area (Å²) < 4.78 is 23.2. The van der Waals surface area contributed by atoms with Gasteiger partial charge in [-0.1, -0.05) is 17.8 Å². The van der Waals surface area contributed by atoms with Crippen LogP contribution in [-0.2, 0) is 10.0 Å². The summed E-state index contributed by atoms with van der Waals surface area (Å²) in [5.41, 5.74) is 6.70. The average molecular weight is 316 g/mol. The first kappa shape index (κ1) is 14.2. The Balaban J connectivity index is 1.85. The van der Waals surface area contributed by atoms with Crippen molar-refractivity contribution in [3.8, 4) is 0 Å². The minimum Gasteiger partial charge on any atom is -0.347 e. The number of nitrogens with zero attached hydrogens (tertiary/aromatic N) is 2. The maximum Gasteiger partial charge on any atom is 0.249 e. The van der Waals surface area contributed by atoms with E-state index in [9.17, 15) is 8.42 Å². The number of fused-ring (bicyclic) bond motifs is 1. The number of primary sulfonamides is 1. The fraction of sp³-hybridized carbons (Fsp3) is 0.750. The fourth-order valence-electron chi connectivity index (χ4n) is 3.44. The Morgan fingerprint density at radius 3 is 2.70 bits per heavy atom. The normalized spacial score (nSPS) is 30.6. The van der Waals surface area contributed by atoms with Crippen LogP contribution in [0.25, 0.3) is 0 Å². The van der Waals surface area contributed by atoms with Gasteiger partial charge in [0.05, 0.1) is 5.69 Å². The van der Waals surface area contributed by atoms with E-state index in [1.54, 1.807) is 6.92 Å². The molecule has 3 atom stereocenters. The number of aryl methyl sites for hydroxylation is 1. The molecule has 2 aliphatic rings. The minimum absolute atomic E-state index is 0.173. The number of anilines is 1. The van der Waals surface area contributed by atoms with Crippen molar-refractivity contribution in [3.05, 3.63) is 5.69 Å². The lowest BCUT2D eigenvalue weighted by Gasteiger charge is -2.29. The molecule has 3 rings (SSSR count). The number of hydrogen-bond donors (Lipinski definition) is 2. The lowest BCUT2D eigenvalue weighted by molar-refractivity contribution is 0.260. The number of hydrogen-bond acceptors (Lipinski definition) is 6. The van der Waals surface area contributed by atoms with Crippen molar-refractivity contribution in [2.75, 3.05) is 18.0 Å². The molecule has 2 heterocycles. The zero-order valence-electron chi connectivity index (χ0n) is 11.4. The largest absolute Gasteiger partial charge is 0.347 e. The zero-order chi connectivity index (χ0) is 14.5. The second-order valence-corrected chi connectivity index (χ2v) is 8.57. The van der Waals surface area contributed by atoms with E-state index < -0.39 is 10.0 Å². The maximum absolute atomic E-state index is 11.5. The average Bonchev–Trinajstić information content (AvgIpc) is 2.92. The van der Waals surface area contributed by atoms with Crippen LogP contribution in [0.4, 0.5) is 5.13 Å². The van der Waals surface area contributed by atoms with Crippen LogP contribution in [0.2, 0.25) is 0 Å². The number of nitrogens with two attached hydrogens (primary N) is 2. The van der Waals surface area contributed by atoms with E-state index in [-0.39, 0.29) is 10.3 Å². The molecule has 1 aliphatic heterocycles. The standard InChI is InChI=1S/C12H20N4O2S2/c1-7-11(20(14,17)18)19-12(15-7)16-5-8-3-2-4-10(13)9(8)6-16/h8-10H,2-6,13H2,1H3,(H2,14,17,18). The molecule has 1 saturated carbocycles. The van der Waals surface area contributed by atoms with Gasteiger partial charge >= 0.3 is 0 Å². The molecule has 6 nitrogen and oxygen atoms in total. The molecular weight excluding hydrogens is 296 g/mol. The van der Waals surface area contributed by atoms with Gasteiger partial charge in [-0.2, -0.15) is 0 Å². The molecule has 0 amide bonds. The van der Waals surface area contributed by atoms with E-state index in [0.29, 0.717) is 17.5 Å². The summed E-state index contributed by atoms with van der Waals surface area (Å²) in [5, 5.41) is 5.97. The molecule has 4 N–H and O–H groups in total. The monoisotopic (exact) mass is 316 g/mol. The van der Waals surface area contributed by atoms with Gasteiger partial charge in [0.2, 0.25) is 10.0 Å². The van der Waals surface area contributed by atoms with Crippen molar-refractivity contribution in [2.45, 2.75) is 36.4 Å². The molecule has 3 unspecified atom stereocenters. The third-order valence-electron chi connectivity index (χ3n) is 4.43. The van der Waals surface area contributed by atoms with E-state index in [1.165, 1.54) is 24.2 Å². The van der Waals surface area contributed by atoms with Gasteiger partial charge in [0.1, 0.15) is 0 Å². The van der Waals surface area contributed by atoms with Crippen molar-refractivity contribution in [3.63, 3.8) is 0 Å². The summed E-state index contributed by atoms with van der Waals surface area (Å²) in [7, 11) is -3.67. The van der Waals surface area contributed by atoms with Crippen LogP contribution in [0.3, 0.4) is 0 Å². The molecule has 1 saturated heterocycles. The summed E-state index contributed by atoms with van der Waals surface area (Å²) in [6.45, 7) is 3.49. The Morgan fingerprint density at radius 1 is 1.35 bits per heavy atom. The van der Waals surface area contributed by atoms with E-state index in [2.05, 4.69) is 9.88 Å². The van der Waals surface area contributed by atoms with E-state index in [0.717, 1.165) is 24.6 Å². The number of sulfonamides is 1. The lowest BCUT2D eigenvalue weighted by atomic mass is 9.78. The third-order valence-corrected chi connectivity index (χ3v) is 7.20. The van der Waals surface area contributed by atoms with Crippen molar-refractivity contribution in [1.82, 2.24) is 4.98 Å². The quantitative estimate of drug-likeness (QED) is 0.834. The Morgan fingerprint density at radius 2 is 2.10 bits per heavy atom. The van der Waals surface area contributed by atoms with Crippen LogP contribution in [0.5, 0.6) is 0 Å². The molecule has 0 radical (unpaired) electrons. The molecule has 20 heavy (non-hydrogen) atoms. The number of aromatic nitrogens is 1. The van der Waals surface area contributed by atoms with Crippen LogP contribution in [0, 0.1) is 18.8 Å². The van der Waals surface area contributed by atoms with Gasteiger partial charge in [-0.15, -0.1) is 0 Å². The molecule has 112 valence electrons. The first-order valence-corrected chi connectivity index (χ1v) is 9.23. The topological polar surface area (TPSA) is 102 Å². The second kappa shape index (κ2) is 4.94. The predicted molar refractivity (Wildman–Crippen MR) is 79.2 cm³/mol. The highest BCUT2D eigenvalue weighted by molar-refractivity contribution is 7.91. The Labute approximate surface area is 123 Å². The highest BCUT2D eigenvalue weighted by Crippen LogP contribution is 2.39. The summed E-state index contributed by atoms with van der Waals surface area (Å²) in [5.74, 6) is 1.12. The highest BCUT2D eigenvalue weighted by Gasteiger charge is 2.39. The summed E-state index contributed by atoms with van der Waals surface area (Å²) >= 11 is 1.17. The number of rotatable bonds is 2. The van der Waals surface area contributed by atoms with Crippen molar-refractivity contribution in [2.24, 2.45) is 22.7 Å². The Kier molecular flexibility index (Phi) is 3.52. The lowest BCUT2D eigenvalue weighted by Crippen LogP contribution is -2.38. The van der Waals surface area contributed by atoms with Crippen molar-refractivity contribution >= 4 is 26.5 Å². The van der Waals surface area contributed by atoms with Gasteiger partial charge in [-0.05, 0) is 31.6 Å². The summed E-state index contributed by atoms with van der Waals surface area (Å²) in [4.78, 5) is 6.56. The molecule has 1 aromatic heterocycles. The number of thiazole rings is 1. The van der Waals surface area contributed by atoms with Gasteiger partial charge in [-0.3, -0.25) is 0 Å². The fourth-order valence-corrected chi connectivity index (χ4v) is 5.41. The molecular formula is C12H20N4O2S2.